The molecular formula is C13H19N3O4. The second-order valence-corrected chi connectivity index (χ2v) is 4.31. The zero-order valence-corrected chi connectivity index (χ0v) is 11.4. The van der Waals surface area contributed by atoms with Gasteiger partial charge in [-0.15, -0.1) is 0 Å². The summed E-state index contributed by atoms with van der Waals surface area (Å²) in [5.74, 6) is -0.476. The van der Waals surface area contributed by atoms with Crippen LogP contribution in [0.3, 0.4) is 0 Å². The summed E-state index contributed by atoms with van der Waals surface area (Å²) in [7, 11) is 1.64. The molecule has 0 unspecified atom stereocenters. The lowest BCUT2D eigenvalue weighted by molar-refractivity contribution is -0.384. The van der Waals surface area contributed by atoms with E-state index in [1.807, 2.05) is 0 Å². The van der Waals surface area contributed by atoms with Crippen LogP contribution in [0.15, 0.2) is 18.2 Å². The maximum atomic E-state index is 11.9. The van der Waals surface area contributed by atoms with Gasteiger partial charge in [-0.05, 0) is 31.4 Å². The number of nitrogens with two attached hydrogens (primary N) is 1. The van der Waals surface area contributed by atoms with Gasteiger partial charge in [0.15, 0.2) is 0 Å². The number of methoxy groups -OCH3 is 1. The van der Waals surface area contributed by atoms with Gasteiger partial charge >= 0.3 is 5.69 Å². The maximum Gasteiger partial charge on any atom is 0.304 e. The number of para-hydroxylation sites is 1. The molecule has 0 fully saturated rings. The molecule has 0 aliphatic carbocycles. The second-order valence-electron chi connectivity index (χ2n) is 4.31. The Morgan fingerprint density at radius 3 is 2.80 bits per heavy atom. The van der Waals surface area contributed by atoms with Crippen LogP contribution in [0.25, 0.3) is 0 Å². The molecule has 0 spiro atoms. The molecule has 0 saturated carbocycles. The van der Waals surface area contributed by atoms with E-state index in [0.29, 0.717) is 13.2 Å². The lowest BCUT2D eigenvalue weighted by Crippen LogP contribution is -2.25. The average Bonchev–Trinajstić information content (AvgIpc) is 2.41. The van der Waals surface area contributed by atoms with Crippen LogP contribution in [-0.4, -0.2) is 31.1 Å². The lowest BCUT2D eigenvalue weighted by atomic mass is 10.1. The first kappa shape index (κ1) is 15.9. The lowest BCUT2D eigenvalue weighted by Gasteiger charge is -2.07. The largest absolute Gasteiger partial charge is 0.393 e. The number of nitro benzene ring substituents is 1. The molecule has 1 aromatic carbocycles. The first-order chi connectivity index (χ1) is 9.57. The van der Waals surface area contributed by atoms with E-state index in [2.05, 4.69) is 5.32 Å². The molecule has 3 N–H and O–H groups in total. The Morgan fingerprint density at radius 1 is 1.40 bits per heavy atom. The Kier molecular flexibility index (Phi) is 6.45. The van der Waals surface area contributed by atoms with Crippen molar-refractivity contribution in [2.45, 2.75) is 19.3 Å². The number of hydrogen-bond donors (Lipinski definition) is 2. The average molecular weight is 281 g/mol. The predicted molar refractivity (Wildman–Crippen MR) is 75.6 cm³/mol. The van der Waals surface area contributed by atoms with Gasteiger partial charge in [0.25, 0.3) is 5.91 Å². The second kappa shape index (κ2) is 8.11. The minimum absolute atomic E-state index is 0.00751. The Balaban J connectivity index is 2.56. The number of unbranched alkanes of at least 4 members (excludes halogenated alkanes) is 2. The summed E-state index contributed by atoms with van der Waals surface area (Å²) < 4.78 is 4.92. The third-order valence-electron chi connectivity index (χ3n) is 2.81. The van der Waals surface area contributed by atoms with Gasteiger partial charge in [-0.3, -0.25) is 14.9 Å². The van der Waals surface area contributed by atoms with E-state index in [1.54, 1.807) is 7.11 Å². The number of nitrogens with zero attached hydrogens (tertiary/aromatic N) is 1. The Hall–Kier alpha value is -2.15. The van der Waals surface area contributed by atoms with Gasteiger partial charge in [-0.2, -0.15) is 0 Å². The Morgan fingerprint density at radius 2 is 2.15 bits per heavy atom. The van der Waals surface area contributed by atoms with Gasteiger partial charge in [-0.25, -0.2) is 0 Å². The minimum atomic E-state index is -0.636. The molecule has 1 rings (SSSR count). The van der Waals surface area contributed by atoms with Crippen LogP contribution in [0.1, 0.15) is 29.6 Å². The molecule has 7 nitrogen and oxygen atoms in total. The summed E-state index contributed by atoms with van der Waals surface area (Å²) in [6.07, 6.45) is 2.64. The number of carbonyl (C=O) groups is 1. The monoisotopic (exact) mass is 281 g/mol. The van der Waals surface area contributed by atoms with Crippen LogP contribution in [0.4, 0.5) is 11.4 Å². The molecule has 0 heterocycles. The summed E-state index contributed by atoms with van der Waals surface area (Å²) in [4.78, 5) is 22.2. The summed E-state index contributed by atoms with van der Waals surface area (Å²) in [6, 6.07) is 4.32. The molecule has 7 heteroatoms. The van der Waals surface area contributed by atoms with E-state index in [1.165, 1.54) is 18.2 Å². The maximum absolute atomic E-state index is 11.9. The number of hydrogen-bond acceptors (Lipinski definition) is 5. The number of nitrogen functional groups attached to an aromatic ring is 1. The van der Waals surface area contributed by atoms with Crippen molar-refractivity contribution < 1.29 is 14.5 Å². The van der Waals surface area contributed by atoms with Gasteiger partial charge in [0.1, 0.15) is 11.3 Å². The first-order valence-corrected chi connectivity index (χ1v) is 6.38. The predicted octanol–water partition coefficient (Wildman–Crippen LogP) is 1.72. The van der Waals surface area contributed by atoms with Crippen molar-refractivity contribution in [1.29, 1.82) is 0 Å². The van der Waals surface area contributed by atoms with Crippen molar-refractivity contribution in [1.82, 2.24) is 5.32 Å². The highest BCUT2D eigenvalue weighted by molar-refractivity contribution is 6.00. The van der Waals surface area contributed by atoms with E-state index < -0.39 is 10.8 Å². The van der Waals surface area contributed by atoms with Crippen molar-refractivity contribution in [2.75, 3.05) is 26.0 Å². The first-order valence-electron chi connectivity index (χ1n) is 6.38. The van der Waals surface area contributed by atoms with Crippen LogP contribution in [-0.2, 0) is 4.74 Å². The van der Waals surface area contributed by atoms with Gasteiger partial charge < -0.3 is 15.8 Å². The number of amides is 1. The van der Waals surface area contributed by atoms with Crippen LogP contribution >= 0.6 is 0 Å². The Bertz CT molecular complexity index is 477. The van der Waals surface area contributed by atoms with Crippen LogP contribution in [0, 0.1) is 10.1 Å². The van der Waals surface area contributed by atoms with Crippen molar-refractivity contribution in [2.24, 2.45) is 0 Å². The number of nitro groups is 1. The quantitative estimate of drug-likeness (QED) is 0.326. The molecular weight excluding hydrogens is 262 g/mol. The molecule has 1 aromatic rings. The highest BCUT2D eigenvalue weighted by atomic mass is 16.6. The van der Waals surface area contributed by atoms with Gasteiger partial charge in [0, 0.05) is 20.3 Å². The van der Waals surface area contributed by atoms with Crippen molar-refractivity contribution >= 4 is 17.3 Å². The molecule has 0 aliphatic heterocycles. The molecule has 0 radical (unpaired) electrons. The number of carbonyl (C=O) groups excluding carboxylic acids is 1. The molecule has 0 atom stereocenters. The normalized spacial score (nSPS) is 10.2. The van der Waals surface area contributed by atoms with E-state index in [9.17, 15) is 14.9 Å². The SMILES string of the molecule is COCCCCCNC(=O)c1cccc(N)c1[N+](=O)[O-]. The molecule has 0 bridgehead atoms. The highest BCUT2D eigenvalue weighted by Gasteiger charge is 2.22. The van der Waals surface area contributed by atoms with Gasteiger partial charge in [0.05, 0.1) is 4.92 Å². The third kappa shape index (κ3) is 4.51. The molecule has 0 saturated heterocycles. The number of anilines is 1. The fourth-order valence-corrected chi connectivity index (χ4v) is 1.79. The minimum Gasteiger partial charge on any atom is -0.393 e. The molecule has 20 heavy (non-hydrogen) atoms. The summed E-state index contributed by atoms with van der Waals surface area (Å²) in [6.45, 7) is 1.16. The smallest absolute Gasteiger partial charge is 0.304 e. The molecule has 0 aromatic heterocycles. The van der Waals surface area contributed by atoms with E-state index in [0.717, 1.165) is 19.3 Å². The molecule has 1 amide bonds. The topological polar surface area (TPSA) is 107 Å². The van der Waals surface area contributed by atoms with Crippen LogP contribution in [0.5, 0.6) is 0 Å². The zero-order valence-electron chi connectivity index (χ0n) is 11.4. The number of ether oxygens (including phenoxy) is 1. The van der Waals surface area contributed by atoms with Crippen molar-refractivity contribution in [3.8, 4) is 0 Å². The fourth-order valence-electron chi connectivity index (χ4n) is 1.79. The zero-order chi connectivity index (χ0) is 15.0. The van der Waals surface area contributed by atoms with Gasteiger partial charge in [0.2, 0.25) is 0 Å². The number of nitrogens with one attached hydrogen (secondary N) is 1. The van der Waals surface area contributed by atoms with Crippen LogP contribution in [0.2, 0.25) is 0 Å². The fraction of sp³-hybridized carbons (Fsp3) is 0.462. The summed E-state index contributed by atoms with van der Waals surface area (Å²) in [5, 5.41) is 13.6. The van der Waals surface area contributed by atoms with E-state index in [-0.39, 0.29) is 16.9 Å². The van der Waals surface area contributed by atoms with E-state index >= 15 is 0 Å². The molecule has 0 aliphatic rings. The van der Waals surface area contributed by atoms with Gasteiger partial charge in [-0.1, -0.05) is 6.07 Å². The van der Waals surface area contributed by atoms with E-state index in [4.69, 9.17) is 10.5 Å². The van der Waals surface area contributed by atoms with Crippen LogP contribution < -0.4 is 11.1 Å². The van der Waals surface area contributed by atoms with Crippen molar-refractivity contribution in [3.63, 3.8) is 0 Å². The summed E-state index contributed by atoms with van der Waals surface area (Å²) >= 11 is 0. The highest BCUT2D eigenvalue weighted by Crippen LogP contribution is 2.25. The summed E-state index contributed by atoms with van der Waals surface area (Å²) in [5.41, 5.74) is 5.17. The molecule has 110 valence electrons. The number of rotatable bonds is 8. The Labute approximate surface area is 117 Å². The van der Waals surface area contributed by atoms with Crippen molar-refractivity contribution in [3.05, 3.63) is 33.9 Å². The standard InChI is InChI=1S/C13H19N3O4/c1-20-9-4-2-3-8-15-13(17)10-6-5-7-11(14)12(10)16(18)19/h5-7H,2-4,8-9,14H2,1H3,(H,15,17). The third-order valence-corrected chi connectivity index (χ3v) is 2.81. The number of benzene rings is 1.